The van der Waals surface area contributed by atoms with Gasteiger partial charge in [-0.15, -0.1) is 11.3 Å². The summed E-state index contributed by atoms with van der Waals surface area (Å²) in [6, 6.07) is 5.58. The van der Waals surface area contributed by atoms with Gasteiger partial charge < -0.3 is 15.2 Å². The Morgan fingerprint density at radius 3 is 3.00 bits per heavy atom. The third-order valence-electron chi connectivity index (χ3n) is 2.24. The number of rotatable bonds is 5. The molecule has 0 bridgehead atoms. The first-order valence-corrected chi connectivity index (χ1v) is 7.02. The third-order valence-corrected chi connectivity index (χ3v) is 3.51. The molecule has 2 N–H and O–H groups in total. The van der Waals surface area contributed by atoms with Gasteiger partial charge in [-0.05, 0) is 12.1 Å². The molecule has 0 fully saturated rings. The van der Waals surface area contributed by atoms with Crippen molar-refractivity contribution in [3.05, 3.63) is 33.7 Å². The van der Waals surface area contributed by atoms with Crippen molar-refractivity contribution < 1.29 is 14.6 Å². The first-order chi connectivity index (χ1) is 9.06. The van der Waals surface area contributed by atoms with Gasteiger partial charge in [0.1, 0.15) is 5.75 Å². The number of thiazole rings is 1. The van der Waals surface area contributed by atoms with Crippen LogP contribution in [-0.2, 0) is 11.2 Å². The molecule has 1 aromatic carbocycles. The van der Waals surface area contributed by atoms with E-state index in [1.165, 1.54) is 11.3 Å². The molecule has 0 spiro atoms. The Labute approximate surface area is 122 Å². The molecule has 0 aliphatic heterocycles. The minimum Gasteiger partial charge on any atom is -0.497 e. The van der Waals surface area contributed by atoms with Crippen molar-refractivity contribution in [2.75, 3.05) is 12.4 Å². The Morgan fingerprint density at radius 2 is 2.32 bits per heavy atom. The van der Waals surface area contributed by atoms with Gasteiger partial charge in [-0.25, -0.2) is 4.98 Å². The van der Waals surface area contributed by atoms with Crippen LogP contribution in [0.3, 0.4) is 0 Å². The monoisotopic (exact) mass is 342 g/mol. The van der Waals surface area contributed by atoms with Crippen LogP contribution in [0.1, 0.15) is 5.69 Å². The first kappa shape index (κ1) is 13.8. The molecule has 0 saturated carbocycles. The zero-order chi connectivity index (χ0) is 13.8. The number of carboxylic acid groups (broad SMARTS) is 1. The largest absolute Gasteiger partial charge is 0.497 e. The summed E-state index contributed by atoms with van der Waals surface area (Å²) in [5, 5.41) is 14.2. The summed E-state index contributed by atoms with van der Waals surface area (Å²) in [7, 11) is 1.60. The maximum atomic E-state index is 10.6. The summed E-state index contributed by atoms with van der Waals surface area (Å²) >= 11 is 4.75. The number of methoxy groups -OCH3 is 1. The Balaban J connectivity index is 2.14. The minimum atomic E-state index is -0.888. The second-order valence-corrected chi connectivity index (χ2v) is 5.49. The summed E-state index contributed by atoms with van der Waals surface area (Å²) in [6.45, 7) is 0. The number of anilines is 2. The Morgan fingerprint density at radius 1 is 1.53 bits per heavy atom. The van der Waals surface area contributed by atoms with Crippen LogP contribution in [0, 0.1) is 0 Å². The topological polar surface area (TPSA) is 71.5 Å². The number of nitrogens with one attached hydrogen (secondary N) is 1. The minimum absolute atomic E-state index is 0.0695. The standard InChI is InChI=1S/C12H11BrN2O3S/c1-18-10-3-7(13)2-8(4-10)14-12-15-9(6-19-12)5-11(16)17/h2-4,6H,5H2,1H3,(H,14,15)(H,16,17). The number of hydrogen-bond acceptors (Lipinski definition) is 5. The molecular weight excluding hydrogens is 332 g/mol. The van der Waals surface area contributed by atoms with E-state index in [0.29, 0.717) is 10.8 Å². The highest BCUT2D eigenvalue weighted by Crippen LogP contribution is 2.28. The maximum absolute atomic E-state index is 10.6. The molecule has 2 rings (SSSR count). The maximum Gasteiger partial charge on any atom is 0.309 e. The van der Waals surface area contributed by atoms with Gasteiger partial charge in [0, 0.05) is 21.6 Å². The van der Waals surface area contributed by atoms with E-state index in [2.05, 4.69) is 26.2 Å². The molecule has 0 aliphatic rings. The zero-order valence-corrected chi connectivity index (χ0v) is 12.4. The lowest BCUT2D eigenvalue weighted by Gasteiger charge is -2.06. The van der Waals surface area contributed by atoms with Crippen molar-refractivity contribution in [3.8, 4) is 5.75 Å². The number of nitrogens with zero attached hydrogens (tertiary/aromatic N) is 1. The van der Waals surface area contributed by atoms with Gasteiger partial charge in [-0.3, -0.25) is 4.79 Å². The average Bonchev–Trinajstić information content (AvgIpc) is 2.74. The molecule has 7 heteroatoms. The highest BCUT2D eigenvalue weighted by Gasteiger charge is 2.07. The molecule has 0 unspecified atom stereocenters. The van der Waals surface area contributed by atoms with Gasteiger partial charge in [0.25, 0.3) is 0 Å². The molecule has 0 atom stereocenters. The number of benzene rings is 1. The van der Waals surface area contributed by atoms with Crippen LogP contribution >= 0.6 is 27.3 Å². The molecule has 0 amide bonds. The molecular formula is C12H11BrN2O3S. The molecule has 0 radical (unpaired) electrons. The predicted octanol–water partition coefficient (Wildman–Crippen LogP) is 3.28. The van der Waals surface area contributed by atoms with Crippen molar-refractivity contribution in [1.29, 1.82) is 0 Å². The molecule has 100 valence electrons. The van der Waals surface area contributed by atoms with Gasteiger partial charge >= 0.3 is 5.97 Å². The molecule has 0 saturated heterocycles. The predicted molar refractivity (Wildman–Crippen MR) is 77.4 cm³/mol. The lowest BCUT2D eigenvalue weighted by Crippen LogP contribution is -2.00. The smallest absolute Gasteiger partial charge is 0.309 e. The molecule has 0 aliphatic carbocycles. The normalized spacial score (nSPS) is 10.2. The molecule has 2 aromatic rings. The van der Waals surface area contributed by atoms with E-state index in [0.717, 1.165) is 15.9 Å². The third kappa shape index (κ3) is 3.93. The number of carboxylic acids is 1. The van der Waals surface area contributed by atoms with E-state index in [1.807, 2.05) is 18.2 Å². The Kier molecular flexibility index (Phi) is 4.39. The van der Waals surface area contributed by atoms with E-state index in [4.69, 9.17) is 9.84 Å². The van der Waals surface area contributed by atoms with E-state index in [-0.39, 0.29) is 6.42 Å². The molecule has 5 nitrogen and oxygen atoms in total. The van der Waals surface area contributed by atoms with Gasteiger partial charge in [-0.2, -0.15) is 0 Å². The SMILES string of the molecule is COc1cc(Br)cc(Nc2nc(CC(=O)O)cs2)c1. The van der Waals surface area contributed by atoms with Crippen molar-refractivity contribution in [2.45, 2.75) is 6.42 Å². The van der Waals surface area contributed by atoms with Crippen LogP contribution in [0.25, 0.3) is 0 Å². The fraction of sp³-hybridized carbons (Fsp3) is 0.167. The van der Waals surface area contributed by atoms with Crippen molar-refractivity contribution in [2.24, 2.45) is 0 Å². The highest BCUT2D eigenvalue weighted by molar-refractivity contribution is 9.10. The summed E-state index contributed by atoms with van der Waals surface area (Å²) in [5.74, 6) is -0.167. The van der Waals surface area contributed by atoms with Crippen LogP contribution in [0.4, 0.5) is 10.8 Å². The van der Waals surface area contributed by atoms with Gasteiger partial charge in [0.15, 0.2) is 5.13 Å². The zero-order valence-electron chi connectivity index (χ0n) is 10.0. The summed E-state index contributed by atoms with van der Waals surface area (Å²) in [6.07, 6.45) is -0.0695. The number of aromatic nitrogens is 1. The van der Waals surface area contributed by atoms with Crippen LogP contribution in [0.2, 0.25) is 0 Å². The van der Waals surface area contributed by atoms with Crippen LogP contribution in [0.5, 0.6) is 5.75 Å². The lowest BCUT2D eigenvalue weighted by atomic mass is 10.3. The van der Waals surface area contributed by atoms with E-state index in [1.54, 1.807) is 12.5 Å². The molecule has 1 aromatic heterocycles. The van der Waals surface area contributed by atoms with Crippen LogP contribution in [-0.4, -0.2) is 23.2 Å². The number of hydrogen-bond donors (Lipinski definition) is 2. The van der Waals surface area contributed by atoms with Gasteiger partial charge in [0.2, 0.25) is 0 Å². The Hall–Kier alpha value is -1.60. The highest BCUT2D eigenvalue weighted by atomic mass is 79.9. The summed E-state index contributed by atoms with van der Waals surface area (Å²) in [5.41, 5.74) is 1.37. The second-order valence-electron chi connectivity index (χ2n) is 3.72. The van der Waals surface area contributed by atoms with E-state index in [9.17, 15) is 4.79 Å². The number of ether oxygens (including phenoxy) is 1. The number of carbonyl (C=O) groups is 1. The lowest BCUT2D eigenvalue weighted by molar-refractivity contribution is -0.136. The fourth-order valence-corrected chi connectivity index (χ4v) is 2.68. The van der Waals surface area contributed by atoms with Crippen molar-refractivity contribution in [1.82, 2.24) is 4.98 Å². The number of halogens is 1. The van der Waals surface area contributed by atoms with Gasteiger partial charge in [0.05, 0.1) is 19.2 Å². The summed E-state index contributed by atoms with van der Waals surface area (Å²) in [4.78, 5) is 14.8. The Bertz CT molecular complexity index is 600. The van der Waals surface area contributed by atoms with Gasteiger partial charge in [-0.1, -0.05) is 15.9 Å². The van der Waals surface area contributed by atoms with E-state index < -0.39 is 5.97 Å². The van der Waals surface area contributed by atoms with Crippen LogP contribution < -0.4 is 10.1 Å². The molecule has 19 heavy (non-hydrogen) atoms. The van der Waals surface area contributed by atoms with Crippen LogP contribution in [0.15, 0.2) is 28.1 Å². The first-order valence-electron chi connectivity index (χ1n) is 5.34. The van der Waals surface area contributed by atoms with Crippen molar-refractivity contribution >= 4 is 44.1 Å². The van der Waals surface area contributed by atoms with E-state index >= 15 is 0 Å². The van der Waals surface area contributed by atoms with Crippen molar-refractivity contribution in [3.63, 3.8) is 0 Å². The fourth-order valence-electron chi connectivity index (χ4n) is 1.48. The summed E-state index contributed by atoms with van der Waals surface area (Å²) < 4.78 is 6.05. The quantitative estimate of drug-likeness (QED) is 0.872. The second kappa shape index (κ2) is 6.03. The number of aliphatic carboxylic acids is 1. The average molecular weight is 343 g/mol. The molecule has 1 heterocycles.